The van der Waals surface area contributed by atoms with E-state index in [1.54, 1.807) is 10.7 Å². The van der Waals surface area contributed by atoms with E-state index in [0.29, 0.717) is 33.0 Å². The number of hydrogen-bond donors (Lipinski definition) is 2. The number of amides is 1. The molecule has 1 amide bonds. The van der Waals surface area contributed by atoms with E-state index in [-0.39, 0.29) is 5.91 Å². The topological polar surface area (TPSA) is 75.1 Å². The van der Waals surface area contributed by atoms with Crippen LogP contribution in [0.2, 0.25) is 0 Å². The van der Waals surface area contributed by atoms with Crippen molar-refractivity contribution in [1.29, 1.82) is 0 Å². The molecule has 0 radical (unpaired) electrons. The number of aryl methyl sites for hydroxylation is 2. The number of carbonyl (C=O) groups excluding carboxylic acids is 1. The zero-order chi connectivity index (χ0) is 23.1. The summed E-state index contributed by atoms with van der Waals surface area (Å²) in [5.41, 5.74) is 2.96. The Labute approximate surface area is 195 Å². The molecular weight excluding hydrogens is 439 g/mol. The largest absolute Gasteiger partial charge is 0.371 e. The monoisotopic (exact) mass is 466 g/mol. The minimum Gasteiger partial charge on any atom is -0.371 e. The fourth-order valence-corrected chi connectivity index (χ4v) is 5.53. The van der Waals surface area contributed by atoms with Crippen molar-refractivity contribution in [2.24, 2.45) is 7.05 Å². The number of anilines is 2. The van der Waals surface area contributed by atoms with Crippen molar-refractivity contribution in [2.75, 3.05) is 29.9 Å². The highest BCUT2D eigenvalue weighted by Gasteiger charge is 2.23. The molecule has 0 spiro atoms. The van der Waals surface area contributed by atoms with Crippen molar-refractivity contribution in [1.82, 2.24) is 20.1 Å². The van der Waals surface area contributed by atoms with Crippen LogP contribution in [0.3, 0.4) is 0 Å². The molecule has 1 fully saturated rings. The van der Waals surface area contributed by atoms with E-state index < -0.39 is 5.82 Å². The van der Waals surface area contributed by atoms with Gasteiger partial charge in [-0.3, -0.25) is 9.48 Å². The molecular formula is C24H27FN6OS. The van der Waals surface area contributed by atoms with Gasteiger partial charge in [0.05, 0.1) is 15.3 Å². The van der Waals surface area contributed by atoms with Crippen molar-refractivity contribution in [3.63, 3.8) is 0 Å². The van der Waals surface area contributed by atoms with Gasteiger partial charge in [0.2, 0.25) is 0 Å². The van der Waals surface area contributed by atoms with Crippen molar-refractivity contribution in [3.05, 3.63) is 46.9 Å². The third-order valence-corrected chi connectivity index (χ3v) is 7.07. The van der Waals surface area contributed by atoms with Gasteiger partial charge in [-0.05, 0) is 50.6 Å². The molecule has 33 heavy (non-hydrogen) atoms. The van der Waals surface area contributed by atoms with Gasteiger partial charge in [-0.2, -0.15) is 5.10 Å². The number of thiazole rings is 1. The van der Waals surface area contributed by atoms with E-state index in [4.69, 9.17) is 0 Å². The molecule has 2 aromatic heterocycles. The predicted octanol–water partition coefficient (Wildman–Crippen LogP) is 4.46. The van der Waals surface area contributed by atoms with Gasteiger partial charge in [-0.1, -0.05) is 6.92 Å². The molecule has 1 saturated heterocycles. The fraction of sp³-hybridized carbons (Fsp3) is 0.375. The van der Waals surface area contributed by atoms with Gasteiger partial charge in [0.25, 0.3) is 5.91 Å². The summed E-state index contributed by atoms with van der Waals surface area (Å²) in [6, 6.07) is 7.46. The summed E-state index contributed by atoms with van der Waals surface area (Å²) in [5, 5.41) is 12.7. The van der Waals surface area contributed by atoms with Gasteiger partial charge in [-0.25, -0.2) is 9.37 Å². The predicted molar refractivity (Wildman–Crippen MR) is 132 cm³/mol. The van der Waals surface area contributed by atoms with Crippen LogP contribution in [0.25, 0.3) is 21.1 Å². The van der Waals surface area contributed by atoms with Crippen LogP contribution in [0, 0.1) is 12.7 Å². The Morgan fingerprint density at radius 3 is 2.79 bits per heavy atom. The SMILES string of the molecule is CCNC1CCN(c2ccc(C(=O)Nc3cc(F)c4nc(C)sc4c3)c3nn(C)cc23)CC1. The minimum atomic E-state index is -0.438. The van der Waals surface area contributed by atoms with Crippen LogP contribution in [0.1, 0.15) is 35.1 Å². The van der Waals surface area contributed by atoms with Crippen LogP contribution < -0.4 is 15.5 Å². The van der Waals surface area contributed by atoms with Crippen LogP contribution in [0.4, 0.5) is 15.8 Å². The van der Waals surface area contributed by atoms with Crippen LogP contribution in [0.15, 0.2) is 30.5 Å². The number of benzene rings is 2. The van der Waals surface area contributed by atoms with Gasteiger partial charge < -0.3 is 15.5 Å². The van der Waals surface area contributed by atoms with Gasteiger partial charge >= 0.3 is 0 Å². The first-order chi connectivity index (χ1) is 15.9. The average Bonchev–Trinajstić information content (AvgIpc) is 3.35. The van der Waals surface area contributed by atoms with Gasteiger partial charge in [-0.15, -0.1) is 11.3 Å². The maximum Gasteiger partial charge on any atom is 0.257 e. The molecule has 0 unspecified atom stereocenters. The van der Waals surface area contributed by atoms with E-state index in [2.05, 4.69) is 32.5 Å². The van der Waals surface area contributed by atoms with Crippen molar-refractivity contribution in [2.45, 2.75) is 32.7 Å². The van der Waals surface area contributed by atoms with E-state index in [1.807, 2.05) is 32.3 Å². The summed E-state index contributed by atoms with van der Waals surface area (Å²) in [6.45, 7) is 6.88. The Balaban J connectivity index is 1.43. The van der Waals surface area contributed by atoms with Crippen molar-refractivity contribution < 1.29 is 9.18 Å². The lowest BCUT2D eigenvalue weighted by atomic mass is 10.0. The summed E-state index contributed by atoms with van der Waals surface area (Å²) in [7, 11) is 1.86. The second kappa shape index (κ2) is 8.72. The number of nitrogens with one attached hydrogen (secondary N) is 2. The highest BCUT2D eigenvalue weighted by atomic mass is 32.1. The number of rotatable bonds is 5. The highest BCUT2D eigenvalue weighted by molar-refractivity contribution is 7.18. The normalized spacial score (nSPS) is 15.0. The maximum absolute atomic E-state index is 14.5. The third-order valence-electron chi connectivity index (χ3n) is 6.15. The van der Waals surface area contributed by atoms with Crippen molar-refractivity contribution in [3.8, 4) is 0 Å². The smallest absolute Gasteiger partial charge is 0.257 e. The van der Waals surface area contributed by atoms with Crippen LogP contribution in [-0.4, -0.2) is 46.3 Å². The first-order valence-corrected chi connectivity index (χ1v) is 12.1. The van der Waals surface area contributed by atoms with Gasteiger partial charge in [0, 0.05) is 49.1 Å². The van der Waals surface area contributed by atoms with E-state index in [9.17, 15) is 9.18 Å². The molecule has 2 N–H and O–H groups in total. The van der Waals surface area contributed by atoms with Gasteiger partial charge in [0.15, 0.2) is 5.82 Å². The second-order valence-corrected chi connectivity index (χ2v) is 9.74. The first-order valence-electron chi connectivity index (χ1n) is 11.3. The number of carbonyl (C=O) groups is 1. The Bertz CT molecular complexity index is 1340. The number of fused-ring (bicyclic) bond motifs is 2. The molecule has 1 aliphatic rings. The molecule has 3 heterocycles. The standard InChI is InChI=1S/C24H27FN6OS/c1-4-26-15-7-9-31(10-8-15)20-6-5-17(22-18(20)13-30(3)29-22)24(32)28-16-11-19(25)23-21(12-16)33-14(2)27-23/h5-6,11-13,15,26H,4,7-10H2,1-3H3,(H,28,32). The zero-order valence-corrected chi connectivity index (χ0v) is 19.8. The molecule has 2 aromatic carbocycles. The van der Waals surface area contributed by atoms with E-state index >= 15 is 0 Å². The summed E-state index contributed by atoms with van der Waals surface area (Å²) < 4.78 is 16.9. The second-order valence-electron chi connectivity index (χ2n) is 8.51. The molecule has 9 heteroatoms. The minimum absolute atomic E-state index is 0.309. The molecule has 7 nitrogen and oxygen atoms in total. The van der Waals surface area contributed by atoms with Crippen LogP contribution in [0.5, 0.6) is 0 Å². The molecule has 4 aromatic rings. The summed E-state index contributed by atoms with van der Waals surface area (Å²) in [5.74, 6) is -0.748. The first kappa shape index (κ1) is 21.8. The van der Waals surface area contributed by atoms with Crippen LogP contribution in [-0.2, 0) is 7.05 Å². The number of nitrogens with zero attached hydrogens (tertiary/aromatic N) is 4. The molecule has 172 valence electrons. The zero-order valence-electron chi connectivity index (χ0n) is 19.0. The Hall–Kier alpha value is -3.04. The summed E-state index contributed by atoms with van der Waals surface area (Å²) in [4.78, 5) is 19.8. The maximum atomic E-state index is 14.5. The molecule has 1 aliphatic heterocycles. The highest BCUT2D eigenvalue weighted by Crippen LogP contribution is 2.32. The number of hydrogen-bond acceptors (Lipinski definition) is 6. The molecule has 0 saturated carbocycles. The number of aromatic nitrogens is 3. The summed E-state index contributed by atoms with van der Waals surface area (Å²) in [6.07, 6.45) is 4.13. The van der Waals surface area contributed by atoms with Gasteiger partial charge in [0.1, 0.15) is 11.0 Å². The van der Waals surface area contributed by atoms with E-state index in [1.165, 1.54) is 17.4 Å². The third kappa shape index (κ3) is 4.18. The quantitative estimate of drug-likeness (QED) is 0.454. The Kier molecular flexibility index (Phi) is 5.76. The number of piperidine rings is 1. The lowest BCUT2D eigenvalue weighted by Gasteiger charge is -2.34. The Morgan fingerprint density at radius 1 is 1.24 bits per heavy atom. The Morgan fingerprint density at radius 2 is 2.03 bits per heavy atom. The molecule has 0 bridgehead atoms. The summed E-state index contributed by atoms with van der Waals surface area (Å²) >= 11 is 1.40. The van der Waals surface area contributed by atoms with Crippen LogP contribution >= 0.6 is 11.3 Å². The fourth-order valence-electron chi connectivity index (χ4n) is 4.65. The molecule has 5 rings (SSSR count). The lowest BCUT2D eigenvalue weighted by Crippen LogP contribution is -2.42. The molecule has 0 aliphatic carbocycles. The number of halogens is 1. The lowest BCUT2D eigenvalue weighted by molar-refractivity contribution is 0.102. The average molecular weight is 467 g/mol. The molecule has 0 atom stereocenters. The van der Waals surface area contributed by atoms with Crippen molar-refractivity contribution >= 4 is 49.7 Å². The van der Waals surface area contributed by atoms with E-state index in [0.717, 1.165) is 48.6 Å².